The number of hydrazone groups is 1. The lowest BCUT2D eigenvalue weighted by atomic mass is 9.95. The number of esters is 1. The zero-order valence-corrected chi connectivity index (χ0v) is 23.3. The number of nitro groups is 2. The third-order valence-corrected chi connectivity index (χ3v) is 7.47. The molecule has 0 saturated carbocycles. The first-order chi connectivity index (χ1) is 20.1. The molecule has 14 nitrogen and oxygen atoms in total. The van der Waals surface area contributed by atoms with Crippen LogP contribution in [-0.2, 0) is 27.2 Å². The number of hydrogen-bond donors (Lipinski definition) is 2. The second-order valence-corrected chi connectivity index (χ2v) is 10.1. The largest absolute Gasteiger partial charge is 0.462 e. The highest BCUT2D eigenvalue weighted by Crippen LogP contribution is 2.39. The number of non-ortho nitro benzene ring substituents is 1. The van der Waals surface area contributed by atoms with Gasteiger partial charge in [-0.15, -0.1) is 11.3 Å². The predicted octanol–water partition coefficient (Wildman–Crippen LogP) is 4.89. The Kier molecular flexibility index (Phi) is 9.22. The van der Waals surface area contributed by atoms with Gasteiger partial charge in [0.1, 0.15) is 10.8 Å². The number of amides is 2. The van der Waals surface area contributed by atoms with E-state index in [1.54, 1.807) is 26.0 Å². The van der Waals surface area contributed by atoms with Crippen LogP contribution in [0.15, 0.2) is 47.6 Å². The first-order valence-corrected chi connectivity index (χ1v) is 13.6. The number of aryl methyl sites for hydroxylation is 1. The van der Waals surface area contributed by atoms with Gasteiger partial charge in [-0.25, -0.2) is 10.2 Å². The molecule has 0 saturated heterocycles. The fourth-order valence-corrected chi connectivity index (χ4v) is 5.49. The number of nitrogens with zero attached hydrogens (tertiary/aromatic N) is 3. The van der Waals surface area contributed by atoms with Crippen LogP contribution in [0.5, 0.6) is 11.5 Å². The van der Waals surface area contributed by atoms with Crippen molar-refractivity contribution in [1.29, 1.82) is 0 Å². The molecule has 42 heavy (non-hydrogen) atoms. The zero-order valence-electron chi connectivity index (χ0n) is 22.5. The molecule has 0 atom stereocenters. The third-order valence-electron chi connectivity index (χ3n) is 6.26. The summed E-state index contributed by atoms with van der Waals surface area (Å²) in [5.41, 5.74) is 3.20. The number of rotatable bonds is 9. The van der Waals surface area contributed by atoms with Gasteiger partial charge in [-0.3, -0.25) is 29.8 Å². The predicted molar refractivity (Wildman–Crippen MR) is 152 cm³/mol. The Bertz CT molecular complexity index is 1600. The van der Waals surface area contributed by atoms with Crippen LogP contribution in [0.25, 0.3) is 0 Å². The summed E-state index contributed by atoms with van der Waals surface area (Å²) in [6.07, 6.45) is 3.37. The van der Waals surface area contributed by atoms with Gasteiger partial charge in [0.15, 0.2) is 0 Å². The molecule has 0 aliphatic heterocycles. The van der Waals surface area contributed by atoms with E-state index in [2.05, 4.69) is 15.8 Å². The van der Waals surface area contributed by atoms with E-state index in [0.717, 1.165) is 47.9 Å². The number of anilines is 1. The average molecular weight is 596 g/mol. The van der Waals surface area contributed by atoms with Crippen molar-refractivity contribution in [3.63, 3.8) is 0 Å². The van der Waals surface area contributed by atoms with E-state index in [1.165, 1.54) is 23.5 Å². The number of ether oxygens (including phenoxy) is 2. The molecule has 2 aromatic carbocycles. The van der Waals surface area contributed by atoms with Gasteiger partial charge in [-0.05, 0) is 81.0 Å². The molecule has 1 heterocycles. The molecule has 3 aromatic rings. The third kappa shape index (κ3) is 6.75. The molecule has 0 radical (unpaired) electrons. The van der Waals surface area contributed by atoms with Crippen LogP contribution in [0.4, 0.5) is 16.4 Å². The van der Waals surface area contributed by atoms with Gasteiger partial charge in [0.25, 0.3) is 5.69 Å². The second kappa shape index (κ2) is 13.0. The van der Waals surface area contributed by atoms with Gasteiger partial charge < -0.3 is 14.8 Å². The normalized spacial score (nSPS) is 12.6. The van der Waals surface area contributed by atoms with E-state index >= 15 is 0 Å². The summed E-state index contributed by atoms with van der Waals surface area (Å²) in [6, 6.07) is 9.16. The van der Waals surface area contributed by atoms with Gasteiger partial charge >= 0.3 is 23.5 Å². The van der Waals surface area contributed by atoms with E-state index in [0.29, 0.717) is 23.3 Å². The molecule has 2 amide bonds. The number of hydrogen-bond acceptors (Lipinski definition) is 11. The fraction of sp³-hybridized carbons (Fsp3) is 0.259. The monoisotopic (exact) mass is 595 g/mol. The molecule has 0 spiro atoms. The Balaban J connectivity index is 1.41. The lowest BCUT2D eigenvalue weighted by Crippen LogP contribution is -2.33. The molecule has 15 heteroatoms. The molecular formula is C27H25N5O9S. The molecule has 1 aliphatic carbocycles. The van der Waals surface area contributed by atoms with Crippen LogP contribution < -0.4 is 15.5 Å². The molecule has 1 aliphatic rings. The molecular weight excluding hydrogens is 570 g/mol. The van der Waals surface area contributed by atoms with Crippen LogP contribution in [0, 0.1) is 20.2 Å². The van der Waals surface area contributed by atoms with Gasteiger partial charge in [0, 0.05) is 10.9 Å². The number of thiophene rings is 1. The molecule has 0 fully saturated rings. The number of carbonyl (C=O) groups excluding carboxylic acids is 3. The van der Waals surface area contributed by atoms with Crippen molar-refractivity contribution in [2.24, 2.45) is 5.10 Å². The van der Waals surface area contributed by atoms with Crippen LogP contribution in [0.1, 0.15) is 53.1 Å². The topological polar surface area (TPSA) is 192 Å². The Hall–Kier alpha value is -5.18. The Labute approximate surface area is 242 Å². The van der Waals surface area contributed by atoms with Crippen LogP contribution in [0.2, 0.25) is 0 Å². The molecule has 0 bridgehead atoms. The maximum Gasteiger partial charge on any atom is 0.341 e. The summed E-state index contributed by atoms with van der Waals surface area (Å²) in [5.74, 6) is -2.55. The number of nitro benzene ring substituents is 2. The van der Waals surface area contributed by atoms with Gasteiger partial charge in [0.2, 0.25) is 5.75 Å². The highest BCUT2D eigenvalue weighted by atomic mass is 32.1. The van der Waals surface area contributed by atoms with E-state index < -0.39 is 39.0 Å². The summed E-state index contributed by atoms with van der Waals surface area (Å²) < 4.78 is 10.7. The van der Waals surface area contributed by atoms with Crippen molar-refractivity contribution >= 4 is 51.2 Å². The minimum atomic E-state index is -1.04. The second-order valence-electron chi connectivity index (χ2n) is 9.02. The maximum absolute atomic E-state index is 12.6. The van der Waals surface area contributed by atoms with Crippen LogP contribution in [-0.4, -0.2) is 39.9 Å². The van der Waals surface area contributed by atoms with Crippen LogP contribution in [0.3, 0.4) is 0 Å². The van der Waals surface area contributed by atoms with Crippen LogP contribution >= 0.6 is 11.3 Å². The molecule has 1 aromatic heterocycles. The van der Waals surface area contributed by atoms with Crippen molar-refractivity contribution in [2.75, 3.05) is 11.9 Å². The number of fused-ring (bicyclic) bond motifs is 1. The summed E-state index contributed by atoms with van der Waals surface area (Å²) >= 11 is 1.26. The maximum atomic E-state index is 12.6. The highest BCUT2D eigenvalue weighted by molar-refractivity contribution is 7.17. The van der Waals surface area contributed by atoms with Crippen molar-refractivity contribution < 1.29 is 33.7 Å². The molecule has 2 N–H and O–H groups in total. The Morgan fingerprint density at radius 1 is 1.00 bits per heavy atom. The molecule has 218 valence electrons. The summed E-state index contributed by atoms with van der Waals surface area (Å²) in [5, 5.41) is 29.0. The van der Waals surface area contributed by atoms with E-state index in [9.17, 15) is 34.6 Å². The number of nitrogens with one attached hydrogen (secondary N) is 2. The van der Waals surface area contributed by atoms with Crippen molar-refractivity contribution in [2.45, 2.75) is 39.5 Å². The lowest BCUT2D eigenvalue weighted by Gasteiger charge is -2.12. The lowest BCUT2D eigenvalue weighted by molar-refractivity contribution is -0.394. The minimum absolute atomic E-state index is 0.176. The summed E-state index contributed by atoms with van der Waals surface area (Å²) in [6.45, 7) is 3.45. The van der Waals surface area contributed by atoms with Gasteiger partial charge in [-0.1, -0.05) is 0 Å². The number of carbonyl (C=O) groups is 3. The quantitative estimate of drug-likeness (QED) is 0.114. The van der Waals surface area contributed by atoms with Gasteiger partial charge in [-0.2, -0.15) is 5.10 Å². The van der Waals surface area contributed by atoms with E-state index in [1.807, 2.05) is 0 Å². The minimum Gasteiger partial charge on any atom is -0.462 e. The first kappa shape index (κ1) is 29.8. The first-order valence-electron chi connectivity index (χ1n) is 12.8. The smallest absolute Gasteiger partial charge is 0.341 e. The Morgan fingerprint density at radius 2 is 1.71 bits per heavy atom. The Morgan fingerprint density at radius 3 is 2.38 bits per heavy atom. The standard InChI is InChI=1S/C27H25N5O9S/c1-3-40-27(35)23-19-6-4-5-7-22(19)42-26(23)28-24(33)25(34)30-29-15(2)16-8-11-18(12-9-16)41-21-13-10-17(31(36)37)14-20(21)32(38)39/h8-14H,3-7H2,1-2H3,(H,28,33)(H,30,34). The van der Waals surface area contributed by atoms with E-state index in [-0.39, 0.29) is 23.1 Å². The highest BCUT2D eigenvalue weighted by Gasteiger charge is 2.28. The van der Waals surface area contributed by atoms with Crippen molar-refractivity contribution in [1.82, 2.24) is 5.43 Å². The summed E-state index contributed by atoms with van der Waals surface area (Å²) in [7, 11) is 0. The van der Waals surface area contributed by atoms with Crippen molar-refractivity contribution in [3.8, 4) is 11.5 Å². The summed E-state index contributed by atoms with van der Waals surface area (Å²) in [4.78, 5) is 59.4. The average Bonchev–Trinajstić information content (AvgIpc) is 3.34. The zero-order chi connectivity index (χ0) is 30.4. The van der Waals surface area contributed by atoms with E-state index in [4.69, 9.17) is 9.47 Å². The fourth-order valence-electron chi connectivity index (χ4n) is 4.22. The SMILES string of the molecule is CCOC(=O)c1c(NC(=O)C(=O)NN=C(C)c2ccc(Oc3ccc([N+](=O)[O-])cc3[N+](=O)[O-])cc2)sc2c1CCCC2. The molecule has 0 unspecified atom stereocenters. The number of benzene rings is 2. The molecule has 4 rings (SSSR count). The van der Waals surface area contributed by atoms with Crippen molar-refractivity contribution in [3.05, 3.63) is 84.3 Å². The van der Waals surface area contributed by atoms with Gasteiger partial charge in [0.05, 0.1) is 33.8 Å².